The highest BCUT2D eigenvalue weighted by atomic mass is 19.1. The molecule has 0 saturated carbocycles. The van der Waals surface area contributed by atoms with Crippen molar-refractivity contribution in [2.24, 2.45) is 0 Å². The van der Waals surface area contributed by atoms with E-state index in [0.717, 1.165) is 5.56 Å². The third-order valence-electron chi connectivity index (χ3n) is 3.41. The van der Waals surface area contributed by atoms with E-state index in [1.807, 2.05) is 18.2 Å². The molecule has 2 rings (SSSR count). The highest BCUT2D eigenvalue weighted by Crippen LogP contribution is 2.08. The van der Waals surface area contributed by atoms with Crippen molar-refractivity contribution in [1.29, 1.82) is 0 Å². The van der Waals surface area contributed by atoms with Gasteiger partial charge in [-0.3, -0.25) is 14.9 Å². The molecule has 0 aromatic heterocycles. The SMILES string of the molecule is O=C(C[C@H](NCc1ccccc1F)C(=O)O)OCc1ccccc1. The van der Waals surface area contributed by atoms with Crippen molar-refractivity contribution in [2.45, 2.75) is 25.6 Å². The summed E-state index contributed by atoms with van der Waals surface area (Å²) < 4.78 is 18.6. The summed E-state index contributed by atoms with van der Waals surface area (Å²) in [7, 11) is 0. The fourth-order valence-corrected chi connectivity index (χ4v) is 2.09. The van der Waals surface area contributed by atoms with Gasteiger partial charge >= 0.3 is 11.9 Å². The largest absolute Gasteiger partial charge is 0.480 e. The zero-order valence-corrected chi connectivity index (χ0v) is 12.9. The number of carbonyl (C=O) groups excluding carboxylic acids is 1. The van der Waals surface area contributed by atoms with E-state index >= 15 is 0 Å². The minimum Gasteiger partial charge on any atom is -0.480 e. The summed E-state index contributed by atoms with van der Waals surface area (Å²) >= 11 is 0. The monoisotopic (exact) mass is 331 g/mol. The van der Waals surface area contributed by atoms with Crippen LogP contribution >= 0.6 is 0 Å². The van der Waals surface area contributed by atoms with E-state index in [9.17, 15) is 19.1 Å². The molecule has 2 aromatic rings. The maximum atomic E-state index is 13.5. The Labute approximate surface area is 139 Å². The molecule has 0 fully saturated rings. The minimum absolute atomic E-state index is 0.00953. The number of aliphatic carboxylic acids is 1. The lowest BCUT2D eigenvalue weighted by molar-refractivity contribution is -0.150. The molecule has 0 radical (unpaired) electrons. The summed E-state index contributed by atoms with van der Waals surface area (Å²) in [4.78, 5) is 23.1. The third kappa shape index (κ3) is 5.48. The average molecular weight is 331 g/mol. The van der Waals surface area contributed by atoms with Gasteiger partial charge in [-0.25, -0.2) is 4.39 Å². The third-order valence-corrected chi connectivity index (χ3v) is 3.41. The zero-order valence-electron chi connectivity index (χ0n) is 12.9. The van der Waals surface area contributed by atoms with Crippen LogP contribution in [0.15, 0.2) is 54.6 Å². The molecule has 6 heteroatoms. The van der Waals surface area contributed by atoms with Crippen LogP contribution in [0.4, 0.5) is 4.39 Å². The molecule has 5 nitrogen and oxygen atoms in total. The molecule has 0 aliphatic rings. The molecule has 0 unspecified atom stereocenters. The van der Waals surface area contributed by atoms with Crippen LogP contribution in [0.5, 0.6) is 0 Å². The van der Waals surface area contributed by atoms with E-state index in [2.05, 4.69) is 5.32 Å². The van der Waals surface area contributed by atoms with Crippen LogP contribution in [0, 0.1) is 5.82 Å². The molecule has 1 atom stereocenters. The van der Waals surface area contributed by atoms with Crippen molar-refractivity contribution in [3.05, 3.63) is 71.5 Å². The van der Waals surface area contributed by atoms with Gasteiger partial charge in [-0.2, -0.15) is 0 Å². The number of hydrogen-bond donors (Lipinski definition) is 2. The second-order valence-corrected chi connectivity index (χ2v) is 5.21. The molecule has 2 N–H and O–H groups in total. The quantitative estimate of drug-likeness (QED) is 0.727. The first-order valence-electron chi connectivity index (χ1n) is 7.45. The van der Waals surface area contributed by atoms with Gasteiger partial charge in [0.2, 0.25) is 0 Å². The summed E-state index contributed by atoms with van der Waals surface area (Å²) in [6.07, 6.45) is -0.337. The average Bonchev–Trinajstić information content (AvgIpc) is 2.58. The highest BCUT2D eigenvalue weighted by molar-refractivity contribution is 5.81. The van der Waals surface area contributed by atoms with Gasteiger partial charge in [-0.05, 0) is 11.6 Å². The number of carboxylic acid groups (broad SMARTS) is 1. The molecule has 2 aromatic carbocycles. The number of hydrogen-bond acceptors (Lipinski definition) is 4. The van der Waals surface area contributed by atoms with Crippen LogP contribution in [0.25, 0.3) is 0 Å². The van der Waals surface area contributed by atoms with Crippen molar-refractivity contribution >= 4 is 11.9 Å². The lowest BCUT2D eigenvalue weighted by Crippen LogP contribution is -2.38. The summed E-state index contributed by atoms with van der Waals surface area (Å²) in [5.74, 6) is -2.25. The second kappa shape index (κ2) is 8.79. The van der Waals surface area contributed by atoms with Gasteiger partial charge in [0.15, 0.2) is 0 Å². The Kier molecular flexibility index (Phi) is 6.45. The lowest BCUT2D eigenvalue weighted by atomic mass is 10.1. The number of rotatable bonds is 8. The first-order valence-corrected chi connectivity index (χ1v) is 7.45. The number of halogens is 1. The molecule has 0 amide bonds. The standard InChI is InChI=1S/C18H18FNO4/c19-15-9-5-4-8-14(15)11-20-16(18(22)23)10-17(21)24-12-13-6-2-1-3-7-13/h1-9,16,20H,10-12H2,(H,22,23)/t16-/m0/s1. The summed E-state index contributed by atoms with van der Waals surface area (Å²) in [6, 6.07) is 14.0. The summed E-state index contributed by atoms with van der Waals surface area (Å²) in [6.45, 7) is 0.0922. The lowest BCUT2D eigenvalue weighted by Gasteiger charge is -2.14. The Morgan fingerprint density at radius 2 is 1.75 bits per heavy atom. The van der Waals surface area contributed by atoms with Gasteiger partial charge in [-0.15, -0.1) is 0 Å². The molecule has 0 spiro atoms. The Balaban J connectivity index is 1.85. The van der Waals surface area contributed by atoms with Gasteiger partial charge in [0.05, 0.1) is 6.42 Å². The molecular formula is C18H18FNO4. The zero-order chi connectivity index (χ0) is 17.4. The van der Waals surface area contributed by atoms with Crippen molar-refractivity contribution in [3.63, 3.8) is 0 Å². The number of carboxylic acids is 1. The molecule has 0 saturated heterocycles. The van der Waals surface area contributed by atoms with Crippen LogP contribution in [-0.4, -0.2) is 23.1 Å². The molecule has 0 aliphatic heterocycles. The highest BCUT2D eigenvalue weighted by Gasteiger charge is 2.22. The van der Waals surface area contributed by atoms with Gasteiger partial charge in [0.1, 0.15) is 18.5 Å². The van der Waals surface area contributed by atoms with Crippen LogP contribution in [0.2, 0.25) is 0 Å². The van der Waals surface area contributed by atoms with Gasteiger partial charge in [-0.1, -0.05) is 48.5 Å². The van der Waals surface area contributed by atoms with E-state index in [1.54, 1.807) is 30.3 Å². The smallest absolute Gasteiger partial charge is 0.321 e. The van der Waals surface area contributed by atoms with Crippen LogP contribution in [0.1, 0.15) is 17.5 Å². The summed E-state index contributed by atoms with van der Waals surface area (Å²) in [5.41, 5.74) is 1.15. The minimum atomic E-state index is -1.19. The van der Waals surface area contributed by atoms with Gasteiger partial charge < -0.3 is 9.84 Å². The number of carbonyl (C=O) groups is 2. The van der Waals surface area contributed by atoms with Crippen molar-refractivity contribution in [2.75, 3.05) is 0 Å². The topological polar surface area (TPSA) is 75.6 Å². The Morgan fingerprint density at radius 3 is 2.42 bits per heavy atom. The normalized spacial score (nSPS) is 11.7. The van der Waals surface area contributed by atoms with Gasteiger partial charge in [0.25, 0.3) is 0 Å². The number of benzene rings is 2. The number of nitrogens with one attached hydrogen (secondary N) is 1. The van der Waals surface area contributed by atoms with E-state index in [0.29, 0.717) is 5.56 Å². The predicted octanol–water partition coefficient (Wildman–Crippen LogP) is 2.50. The Hall–Kier alpha value is -2.73. The van der Waals surface area contributed by atoms with E-state index < -0.39 is 23.8 Å². The number of esters is 1. The van der Waals surface area contributed by atoms with E-state index in [1.165, 1.54) is 6.07 Å². The Bertz CT molecular complexity index is 690. The van der Waals surface area contributed by atoms with Crippen LogP contribution in [0.3, 0.4) is 0 Å². The van der Waals surface area contributed by atoms with Crippen LogP contribution < -0.4 is 5.32 Å². The molecule has 24 heavy (non-hydrogen) atoms. The van der Waals surface area contributed by atoms with Crippen LogP contribution in [-0.2, 0) is 27.5 Å². The fourth-order valence-electron chi connectivity index (χ4n) is 2.09. The molecule has 0 heterocycles. The summed E-state index contributed by atoms with van der Waals surface area (Å²) in [5, 5.41) is 11.9. The number of ether oxygens (including phenoxy) is 1. The fraction of sp³-hybridized carbons (Fsp3) is 0.222. The molecular weight excluding hydrogens is 313 g/mol. The second-order valence-electron chi connectivity index (χ2n) is 5.21. The van der Waals surface area contributed by atoms with Crippen molar-refractivity contribution in [3.8, 4) is 0 Å². The first kappa shape index (κ1) is 17.6. The van der Waals surface area contributed by atoms with Gasteiger partial charge in [0, 0.05) is 12.1 Å². The molecule has 0 aliphatic carbocycles. The Morgan fingerprint density at radius 1 is 1.08 bits per heavy atom. The van der Waals surface area contributed by atoms with E-state index in [-0.39, 0.29) is 19.6 Å². The van der Waals surface area contributed by atoms with E-state index in [4.69, 9.17) is 4.74 Å². The maximum Gasteiger partial charge on any atom is 0.321 e. The molecule has 0 bridgehead atoms. The first-order chi connectivity index (χ1) is 11.6. The maximum absolute atomic E-state index is 13.5. The predicted molar refractivity (Wildman–Crippen MR) is 85.5 cm³/mol. The van der Waals surface area contributed by atoms with Crippen molar-refractivity contribution < 1.29 is 23.8 Å². The van der Waals surface area contributed by atoms with Crippen molar-refractivity contribution in [1.82, 2.24) is 5.32 Å². The molecule has 126 valence electrons.